The fraction of sp³-hybridized carbons (Fsp3) is 0.172. The van der Waals surface area contributed by atoms with Crippen LogP contribution in [0.25, 0.3) is 11.1 Å². The van der Waals surface area contributed by atoms with Crippen LogP contribution in [-0.2, 0) is 13.0 Å². The molecule has 0 unspecified atom stereocenters. The monoisotopic (exact) mass is 454 g/mol. The molecule has 0 bridgehead atoms. The van der Waals surface area contributed by atoms with Gasteiger partial charge in [-0.25, -0.2) is 0 Å². The molecule has 0 saturated carbocycles. The molecule has 0 aliphatic carbocycles. The second-order valence-corrected chi connectivity index (χ2v) is 8.28. The molecule has 0 fully saturated rings. The van der Waals surface area contributed by atoms with Gasteiger partial charge in [0.2, 0.25) is 0 Å². The molecule has 0 spiro atoms. The van der Waals surface area contributed by atoms with Crippen molar-refractivity contribution in [1.29, 1.82) is 0 Å². The van der Waals surface area contributed by atoms with Crippen LogP contribution in [0.3, 0.4) is 0 Å². The Kier molecular flexibility index (Phi) is 7.94. The van der Waals surface area contributed by atoms with Gasteiger partial charge < -0.3 is 26.0 Å². The Morgan fingerprint density at radius 1 is 0.735 bits per heavy atom. The number of aromatic hydroxyl groups is 1. The summed E-state index contributed by atoms with van der Waals surface area (Å²) in [7, 11) is 0. The zero-order valence-electron chi connectivity index (χ0n) is 19.0. The molecule has 5 N–H and O–H groups in total. The van der Waals surface area contributed by atoms with Crippen molar-refractivity contribution < 1.29 is 15.3 Å². The molecule has 0 amide bonds. The lowest BCUT2D eigenvalue weighted by Gasteiger charge is -2.14. The summed E-state index contributed by atoms with van der Waals surface area (Å²) in [4.78, 5) is 0. The van der Waals surface area contributed by atoms with E-state index in [4.69, 9.17) is 0 Å². The molecule has 0 saturated heterocycles. The lowest BCUT2D eigenvalue weighted by atomic mass is 10.0. The van der Waals surface area contributed by atoms with Crippen molar-refractivity contribution in [2.24, 2.45) is 0 Å². The van der Waals surface area contributed by atoms with E-state index >= 15 is 0 Å². The molecule has 4 aromatic rings. The largest absolute Gasteiger partial charge is 0.508 e. The second-order valence-electron chi connectivity index (χ2n) is 8.28. The number of nitrogens with one attached hydrogen (secondary N) is 2. The molecular weight excluding hydrogens is 424 g/mol. The Hall–Kier alpha value is -3.64. The van der Waals surface area contributed by atoms with E-state index in [1.54, 1.807) is 12.1 Å². The van der Waals surface area contributed by atoms with E-state index in [-0.39, 0.29) is 12.4 Å². The minimum Gasteiger partial charge on any atom is -0.508 e. The molecule has 0 aliphatic rings. The van der Waals surface area contributed by atoms with Crippen LogP contribution in [0, 0.1) is 0 Å². The number of rotatable bonds is 10. The SMILES string of the molecule is OCc1cc([C@H](O)CNCCc2ccc(Nc3cccc(-c4ccccc4)c3)cc2)ccc1O. The summed E-state index contributed by atoms with van der Waals surface area (Å²) in [6, 6.07) is 31.9. The molecular formula is C29H30N2O3. The third-order valence-electron chi connectivity index (χ3n) is 5.80. The molecule has 1 atom stereocenters. The molecule has 0 aliphatic heterocycles. The quantitative estimate of drug-likeness (QED) is 0.214. The number of hydrogen-bond acceptors (Lipinski definition) is 5. The first kappa shape index (κ1) is 23.5. The number of hydrogen-bond donors (Lipinski definition) is 5. The molecule has 5 heteroatoms. The zero-order chi connectivity index (χ0) is 23.8. The van der Waals surface area contributed by atoms with Gasteiger partial charge in [-0.05, 0) is 71.6 Å². The average molecular weight is 455 g/mol. The number of aliphatic hydroxyl groups excluding tert-OH is 2. The van der Waals surface area contributed by atoms with Gasteiger partial charge in [-0.1, -0.05) is 60.7 Å². The van der Waals surface area contributed by atoms with Crippen LogP contribution < -0.4 is 10.6 Å². The van der Waals surface area contributed by atoms with Crippen LogP contribution in [0.1, 0.15) is 22.8 Å². The summed E-state index contributed by atoms with van der Waals surface area (Å²) >= 11 is 0. The van der Waals surface area contributed by atoms with Crippen LogP contribution in [-0.4, -0.2) is 28.4 Å². The van der Waals surface area contributed by atoms with Gasteiger partial charge in [-0.15, -0.1) is 0 Å². The van der Waals surface area contributed by atoms with Gasteiger partial charge in [0.1, 0.15) is 5.75 Å². The zero-order valence-corrected chi connectivity index (χ0v) is 19.0. The van der Waals surface area contributed by atoms with Crippen molar-refractivity contribution in [2.45, 2.75) is 19.1 Å². The molecule has 5 nitrogen and oxygen atoms in total. The van der Waals surface area contributed by atoms with Crippen molar-refractivity contribution in [3.05, 3.63) is 114 Å². The lowest BCUT2D eigenvalue weighted by molar-refractivity contribution is 0.174. The van der Waals surface area contributed by atoms with Gasteiger partial charge in [-0.3, -0.25) is 0 Å². The highest BCUT2D eigenvalue weighted by molar-refractivity contribution is 5.70. The highest BCUT2D eigenvalue weighted by atomic mass is 16.3. The number of phenols is 1. The first-order chi connectivity index (χ1) is 16.6. The van der Waals surface area contributed by atoms with Gasteiger partial charge in [0.15, 0.2) is 0 Å². The summed E-state index contributed by atoms with van der Waals surface area (Å²) in [6.07, 6.45) is 0.137. The first-order valence-electron chi connectivity index (χ1n) is 11.5. The third kappa shape index (κ3) is 6.23. The molecule has 0 heterocycles. The Labute approximate surface area is 200 Å². The number of benzene rings is 4. The molecule has 0 aromatic heterocycles. The number of anilines is 2. The van der Waals surface area contributed by atoms with E-state index in [0.29, 0.717) is 17.7 Å². The summed E-state index contributed by atoms with van der Waals surface area (Å²) in [5, 5.41) is 36.0. The smallest absolute Gasteiger partial charge is 0.121 e. The second kappa shape index (κ2) is 11.5. The maximum atomic E-state index is 10.4. The van der Waals surface area contributed by atoms with Gasteiger partial charge in [0, 0.05) is 23.5 Å². The molecule has 4 aromatic carbocycles. The molecule has 174 valence electrons. The molecule has 34 heavy (non-hydrogen) atoms. The summed E-state index contributed by atoms with van der Waals surface area (Å²) in [6.45, 7) is 0.865. The van der Waals surface area contributed by atoms with Crippen LogP contribution >= 0.6 is 0 Å². The summed E-state index contributed by atoms with van der Waals surface area (Å²) < 4.78 is 0. The van der Waals surface area contributed by atoms with Gasteiger partial charge in [0.25, 0.3) is 0 Å². The highest BCUT2D eigenvalue weighted by Crippen LogP contribution is 2.25. The summed E-state index contributed by atoms with van der Waals surface area (Å²) in [5.74, 6) is 0.0354. The van der Waals surface area contributed by atoms with Gasteiger partial charge in [0.05, 0.1) is 12.7 Å². The predicted octanol–water partition coefficient (Wildman–Crippen LogP) is 5.16. The molecule has 4 rings (SSSR count). The van der Waals surface area contributed by atoms with E-state index in [9.17, 15) is 15.3 Å². The van der Waals surface area contributed by atoms with Crippen molar-refractivity contribution in [2.75, 3.05) is 18.4 Å². The first-order valence-corrected chi connectivity index (χ1v) is 11.5. The van der Waals surface area contributed by atoms with Crippen molar-refractivity contribution >= 4 is 11.4 Å². The van der Waals surface area contributed by atoms with Gasteiger partial charge in [-0.2, -0.15) is 0 Å². The highest BCUT2D eigenvalue weighted by Gasteiger charge is 2.10. The van der Waals surface area contributed by atoms with Crippen molar-refractivity contribution in [3.63, 3.8) is 0 Å². The van der Waals surface area contributed by atoms with Crippen molar-refractivity contribution in [3.8, 4) is 16.9 Å². The maximum Gasteiger partial charge on any atom is 0.121 e. The number of aliphatic hydroxyl groups is 2. The minimum absolute atomic E-state index is 0.0354. The van der Waals surface area contributed by atoms with E-state index < -0.39 is 6.10 Å². The van der Waals surface area contributed by atoms with Crippen LogP contribution in [0.4, 0.5) is 11.4 Å². The lowest BCUT2D eigenvalue weighted by Crippen LogP contribution is -2.23. The Morgan fingerprint density at radius 3 is 2.26 bits per heavy atom. The van der Waals surface area contributed by atoms with E-state index in [2.05, 4.69) is 71.3 Å². The Morgan fingerprint density at radius 2 is 1.50 bits per heavy atom. The van der Waals surface area contributed by atoms with E-state index in [1.807, 2.05) is 18.2 Å². The van der Waals surface area contributed by atoms with E-state index in [0.717, 1.165) is 24.3 Å². The molecule has 0 radical (unpaired) electrons. The van der Waals surface area contributed by atoms with Crippen molar-refractivity contribution in [1.82, 2.24) is 5.32 Å². The maximum absolute atomic E-state index is 10.4. The topological polar surface area (TPSA) is 84.8 Å². The van der Waals surface area contributed by atoms with Crippen LogP contribution in [0.5, 0.6) is 5.75 Å². The average Bonchev–Trinajstić information content (AvgIpc) is 2.88. The Bertz CT molecular complexity index is 1190. The standard InChI is InChI=1S/C29H30N2O3/c32-20-25-17-24(11-14-28(25)33)29(34)19-30-16-15-21-9-12-26(13-10-21)31-27-8-4-7-23(18-27)22-5-2-1-3-6-22/h1-14,17-18,29-34H,15-16,19-20H2/t29-/m1/s1. The normalized spacial score (nSPS) is 11.8. The minimum atomic E-state index is -0.705. The fourth-order valence-electron chi connectivity index (χ4n) is 3.86. The third-order valence-corrected chi connectivity index (χ3v) is 5.80. The van der Waals surface area contributed by atoms with Crippen LogP contribution in [0.2, 0.25) is 0 Å². The fourth-order valence-corrected chi connectivity index (χ4v) is 3.86. The Balaban J connectivity index is 1.26. The summed E-state index contributed by atoms with van der Waals surface area (Å²) in [5.41, 5.74) is 6.73. The predicted molar refractivity (Wildman–Crippen MR) is 137 cm³/mol. The van der Waals surface area contributed by atoms with Gasteiger partial charge >= 0.3 is 0 Å². The van der Waals surface area contributed by atoms with Crippen LogP contribution in [0.15, 0.2) is 97.1 Å². The van der Waals surface area contributed by atoms with E-state index in [1.165, 1.54) is 22.8 Å².